The summed E-state index contributed by atoms with van der Waals surface area (Å²) in [7, 11) is 1.47. The average Bonchev–Trinajstić information content (AvgIpc) is 2.51. The van der Waals surface area contributed by atoms with E-state index in [4.69, 9.17) is 24.7 Å². The van der Waals surface area contributed by atoms with Crippen LogP contribution in [0.25, 0.3) is 0 Å². The SMILES string of the molecule is CO[C@H]1O[C@@H]2CO[C@@H](c3ccccc3)O[C@H]2[C@@H](N)[C@@H]1O. The minimum atomic E-state index is -0.921. The number of hydrogen-bond donors (Lipinski definition) is 2. The lowest BCUT2D eigenvalue weighted by Gasteiger charge is -2.46. The second-order valence-corrected chi connectivity index (χ2v) is 5.02. The molecule has 0 unspecified atom stereocenters. The molecule has 6 atom stereocenters. The quantitative estimate of drug-likeness (QED) is 0.803. The largest absolute Gasteiger partial charge is 0.386 e. The van der Waals surface area contributed by atoms with Crippen molar-refractivity contribution in [1.82, 2.24) is 0 Å². The third-order valence-corrected chi connectivity index (χ3v) is 3.72. The van der Waals surface area contributed by atoms with E-state index in [-0.39, 0.29) is 6.10 Å². The fraction of sp³-hybridized carbons (Fsp3) is 0.571. The fourth-order valence-corrected chi connectivity index (χ4v) is 2.61. The van der Waals surface area contributed by atoms with Crippen molar-refractivity contribution in [2.75, 3.05) is 13.7 Å². The number of nitrogens with two attached hydrogens (primary N) is 1. The second-order valence-electron chi connectivity index (χ2n) is 5.02. The molecular formula is C14H19NO5. The Hall–Kier alpha value is -1.02. The predicted molar refractivity (Wildman–Crippen MR) is 69.7 cm³/mol. The molecule has 2 fully saturated rings. The first-order chi connectivity index (χ1) is 9.70. The van der Waals surface area contributed by atoms with E-state index < -0.39 is 30.8 Å². The van der Waals surface area contributed by atoms with Crippen LogP contribution in [0, 0.1) is 0 Å². The van der Waals surface area contributed by atoms with Crippen LogP contribution in [0.1, 0.15) is 11.9 Å². The maximum Gasteiger partial charge on any atom is 0.185 e. The molecule has 0 amide bonds. The fourth-order valence-electron chi connectivity index (χ4n) is 2.61. The summed E-state index contributed by atoms with van der Waals surface area (Å²) in [6.45, 7) is 0.352. The van der Waals surface area contributed by atoms with E-state index in [0.717, 1.165) is 5.56 Å². The molecule has 110 valence electrons. The number of rotatable bonds is 2. The molecule has 1 aromatic carbocycles. The summed E-state index contributed by atoms with van der Waals surface area (Å²) >= 11 is 0. The third-order valence-electron chi connectivity index (χ3n) is 3.72. The molecule has 2 aliphatic rings. The van der Waals surface area contributed by atoms with Crippen molar-refractivity contribution in [2.45, 2.75) is 36.9 Å². The molecule has 0 aromatic heterocycles. The summed E-state index contributed by atoms with van der Waals surface area (Å²) in [6.07, 6.45) is -2.91. The van der Waals surface area contributed by atoms with Gasteiger partial charge in [-0.3, -0.25) is 0 Å². The highest BCUT2D eigenvalue weighted by molar-refractivity contribution is 5.16. The smallest absolute Gasteiger partial charge is 0.185 e. The van der Waals surface area contributed by atoms with Crippen LogP contribution in [0.3, 0.4) is 0 Å². The Morgan fingerprint density at radius 2 is 2.00 bits per heavy atom. The Morgan fingerprint density at radius 3 is 2.70 bits per heavy atom. The van der Waals surface area contributed by atoms with Crippen molar-refractivity contribution in [2.24, 2.45) is 5.73 Å². The van der Waals surface area contributed by atoms with Crippen molar-refractivity contribution < 1.29 is 24.1 Å². The summed E-state index contributed by atoms with van der Waals surface area (Å²) < 4.78 is 22.2. The van der Waals surface area contributed by atoms with Gasteiger partial charge in [0.15, 0.2) is 12.6 Å². The Kier molecular flexibility index (Phi) is 4.02. The number of hydrogen-bond acceptors (Lipinski definition) is 6. The van der Waals surface area contributed by atoms with Crippen molar-refractivity contribution in [3.63, 3.8) is 0 Å². The minimum absolute atomic E-state index is 0.335. The van der Waals surface area contributed by atoms with E-state index in [1.54, 1.807) is 0 Å². The monoisotopic (exact) mass is 281 g/mol. The Morgan fingerprint density at radius 1 is 1.25 bits per heavy atom. The summed E-state index contributed by atoms with van der Waals surface area (Å²) in [5, 5.41) is 10.0. The topological polar surface area (TPSA) is 83.2 Å². The lowest BCUT2D eigenvalue weighted by molar-refractivity contribution is -0.338. The van der Waals surface area contributed by atoms with E-state index >= 15 is 0 Å². The summed E-state index contributed by atoms with van der Waals surface area (Å²) in [6, 6.07) is 9.04. The lowest BCUT2D eigenvalue weighted by Crippen LogP contribution is -2.65. The first-order valence-electron chi connectivity index (χ1n) is 6.64. The van der Waals surface area contributed by atoms with Gasteiger partial charge in [0.05, 0.1) is 12.6 Å². The minimum Gasteiger partial charge on any atom is -0.386 e. The Balaban J connectivity index is 1.74. The van der Waals surface area contributed by atoms with E-state index in [1.165, 1.54) is 7.11 Å². The van der Waals surface area contributed by atoms with Crippen molar-refractivity contribution in [1.29, 1.82) is 0 Å². The van der Waals surface area contributed by atoms with Crippen LogP contribution in [0.4, 0.5) is 0 Å². The summed E-state index contributed by atoms with van der Waals surface area (Å²) in [5.74, 6) is 0. The highest BCUT2D eigenvalue weighted by Gasteiger charge is 2.48. The molecule has 0 aliphatic carbocycles. The highest BCUT2D eigenvalue weighted by atomic mass is 16.7. The number of fused-ring (bicyclic) bond motifs is 1. The molecular weight excluding hydrogens is 262 g/mol. The van der Waals surface area contributed by atoms with Crippen LogP contribution in [0.2, 0.25) is 0 Å². The lowest BCUT2D eigenvalue weighted by atomic mass is 9.96. The maximum absolute atomic E-state index is 10.0. The molecule has 6 heteroatoms. The Labute approximate surface area is 117 Å². The van der Waals surface area contributed by atoms with Gasteiger partial charge in [-0.25, -0.2) is 0 Å². The molecule has 0 spiro atoms. The predicted octanol–water partition coefficient (Wildman–Crippen LogP) is 0.160. The van der Waals surface area contributed by atoms with Crippen LogP contribution in [-0.4, -0.2) is 49.5 Å². The normalized spacial score (nSPS) is 41.1. The molecule has 2 aliphatic heterocycles. The van der Waals surface area contributed by atoms with Gasteiger partial charge in [0.25, 0.3) is 0 Å². The summed E-state index contributed by atoms with van der Waals surface area (Å²) in [5.41, 5.74) is 6.97. The number of benzene rings is 1. The maximum atomic E-state index is 10.0. The second kappa shape index (κ2) is 5.77. The van der Waals surface area contributed by atoms with E-state index in [2.05, 4.69) is 0 Å². The number of aliphatic hydroxyl groups is 1. The van der Waals surface area contributed by atoms with Crippen molar-refractivity contribution in [3.05, 3.63) is 35.9 Å². The molecule has 3 N–H and O–H groups in total. The highest BCUT2D eigenvalue weighted by Crippen LogP contribution is 2.33. The van der Waals surface area contributed by atoms with E-state index in [1.807, 2.05) is 30.3 Å². The van der Waals surface area contributed by atoms with Crippen LogP contribution in [-0.2, 0) is 18.9 Å². The molecule has 0 radical (unpaired) electrons. The van der Waals surface area contributed by atoms with Crippen LogP contribution in [0.15, 0.2) is 30.3 Å². The Bertz CT molecular complexity index is 440. The molecule has 6 nitrogen and oxygen atoms in total. The van der Waals surface area contributed by atoms with Crippen LogP contribution >= 0.6 is 0 Å². The zero-order chi connectivity index (χ0) is 14.1. The number of aliphatic hydroxyl groups excluding tert-OH is 1. The molecule has 3 rings (SSSR count). The molecule has 20 heavy (non-hydrogen) atoms. The first kappa shape index (κ1) is 13.9. The molecule has 1 aromatic rings. The van der Waals surface area contributed by atoms with Crippen molar-refractivity contribution in [3.8, 4) is 0 Å². The third kappa shape index (κ3) is 2.46. The van der Waals surface area contributed by atoms with E-state index in [9.17, 15) is 5.11 Å². The molecule has 0 bridgehead atoms. The number of ether oxygens (including phenoxy) is 4. The van der Waals surface area contributed by atoms with Gasteiger partial charge in [-0.2, -0.15) is 0 Å². The van der Waals surface area contributed by atoms with E-state index in [0.29, 0.717) is 6.61 Å². The van der Waals surface area contributed by atoms with Crippen molar-refractivity contribution >= 4 is 0 Å². The van der Waals surface area contributed by atoms with Gasteiger partial charge in [0.1, 0.15) is 18.3 Å². The molecule has 2 heterocycles. The first-order valence-corrected chi connectivity index (χ1v) is 6.64. The molecule has 2 saturated heterocycles. The van der Waals surface area contributed by atoms with Gasteiger partial charge < -0.3 is 29.8 Å². The van der Waals surface area contributed by atoms with Gasteiger partial charge in [0.2, 0.25) is 0 Å². The van der Waals surface area contributed by atoms with Crippen LogP contribution in [0.5, 0.6) is 0 Å². The van der Waals surface area contributed by atoms with Gasteiger partial charge in [-0.05, 0) is 0 Å². The van der Waals surface area contributed by atoms with Gasteiger partial charge >= 0.3 is 0 Å². The zero-order valence-electron chi connectivity index (χ0n) is 11.2. The summed E-state index contributed by atoms with van der Waals surface area (Å²) in [4.78, 5) is 0. The van der Waals surface area contributed by atoms with Gasteiger partial charge in [-0.15, -0.1) is 0 Å². The average molecular weight is 281 g/mol. The number of methoxy groups -OCH3 is 1. The standard InChI is InChI=1S/C14H19NO5/c1-17-14-11(16)10(15)12-9(19-14)7-18-13(20-12)8-5-3-2-4-6-8/h2-6,9-14,16H,7,15H2,1H3/t9-,10+,11+,12-,13-,14+/m1/s1. The van der Waals surface area contributed by atoms with Gasteiger partial charge in [0, 0.05) is 12.7 Å². The zero-order valence-corrected chi connectivity index (χ0v) is 11.2. The molecule has 0 saturated carbocycles. The van der Waals surface area contributed by atoms with Gasteiger partial charge in [-0.1, -0.05) is 30.3 Å². The van der Waals surface area contributed by atoms with Crippen LogP contribution < -0.4 is 5.73 Å².